The van der Waals surface area contributed by atoms with E-state index in [4.69, 9.17) is 4.74 Å². The van der Waals surface area contributed by atoms with Crippen LogP contribution in [0, 0.1) is 0 Å². The van der Waals surface area contributed by atoms with E-state index in [1.165, 1.54) is 0 Å². The number of nitrogens with one attached hydrogen (secondary N) is 1. The molecule has 1 amide bonds. The number of amides is 1. The number of rotatable bonds is 4. The Balaban J connectivity index is 1.58. The van der Waals surface area contributed by atoms with Gasteiger partial charge in [0.1, 0.15) is 5.75 Å². The van der Waals surface area contributed by atoms with Gasteiger partial charge in [-0.3, -0.25) is 9.79 Å². The number of thioether (sulfide) groups is 1. The highest BCUT2D eigenvalue weighted by atomic mass is 32.2. The van der Waals surface area contributed by atoms with Gasteiger partial charge in [0.2, 0.25) is 5.91 Å². The molecule has 2 aliphatic heterocycles. The average molecular weight is 289 g/mol. The molecular formula is C14H15N3O2S. The summed E-state index contributed by atoms with van der Waals surface area (Å²) in [7, 11) is 1.62. The van der Waals surface area contributed by atoms with Gasteiger partial charge in [-0.1, -0.05) is 11.8 Å². The SMILES string of the molecule is COc1ccc(NC(=O)CC2=CSC3=NCCN23)cc1. The Labute approximate surface area is 121 Å². The number of nitrogens with zero attached hydrogens (tertiary/aromatic N) is 2. The van der Waals surface area contributed by atoms with Gasteiger partial charge in [0.15, 0.2) is 5.17 Å². The molecular weight excluding hydrogens is 274 g/mol. The van der Waals surface area contributed by atoms with Crippen molar-refractivity contribution in [2.24, 2.45) is 4.99 Å². The van der Waals surface area contributed by atoms with Crippen LogP contribution in [-0.2, 0) is 4.79 Å². The van der Waals surface area contributed by atoms with Crippen LogP contribution in [0.5, 0.6) is 5.75 Å². The highest BCUT2D eigenvalue weighted by Gasteiger charge is 2.27. The molecule has 0 saturated carbocycles. The maximum atomic E-state index is 12.1. The molecule has 2 aliphatic rings. The maximum absolute atomic E-state index is 12.1. The molecule has 0 saturated heterocycles. The molecule has 1 N–H and O–H groups in total. The van der Waals surface area contributed by atoms with Gasteiger partial charge >= 0.3 is 0 Å². The van der Waals surface area contributed by atoms with Crippen LogP contribution >= 0.6 is 11.8 Å². The van der Waals surface area contributed by atoms with Crippen molar-refractivity contribution in [1.82, 2.24) is 4.90 Å². The van der Waals surface area contributed by atoms with Crippen molar-refractivity contribution in [2.75, 3.05) is 25.5 Å². The number of carbonyl (C=O) groups is 1. The summed E-state index contributed by atoms with van der Waals surface area (Å²) in [4.78, 5) is 18.5. The summed E-state index contributed by atoms with van der Waals surface area (Å²) < 4.78 is 5.08. The highest BCUT2D eigenvalue weighted by molar-refractivity contribution is 8.16. The fourth-order valence-corrected chi connectivity index (χ4v) is 3.11. The van der Waals surface area contributed by atoms with E-state index in [2.05, 4.69) is 15.2 Å². The minimum atomic E-state index is -0.0184. The van der Waals surface area contributed by atoms with E-state index in [1.54, 1.807) is 18.9 Å². The van der Waals surface area contributed by atoms with Gasteiger partial charge in [-0.15, -0.1) is 0 Å². The molecule has 2 heterocycles. The zero-order valence-electron chi connectivity index (χ0n) is 11.1. The van der Waals surface area contributed by atoms with Gasteiger partial charge in [0.05, 0.1) is 20.1 Å². The first-order chi connectivity index (χ1) is 9.76. The lowest BCUT2D eigenvalue weighted by Gasteiger charge is -2.16. The van der Waals surface area contributed by atoms with Gasteiger partial charge in [-0.05, 0) is 29.7 Å². The number of amidine groups is 1. The maximum Gasteiger partial charge on any atom is 0.230 e. The van der Waals surface area contributed by atoms with Crippen molar-refractivity contribution in [3.8, 4) is 5.75 Å². The Morgan fingerprint density at radius 2 is 2.25 bits per heavy atom. The number of methoxy groups -OCH3 is 1. The van der Waals surface area contributed by atoms with Crippen LogP contribution in [0.1, 0.15) is 6.42 Å². The monoisotopic (exact) mass is 289 g/mol. The number of benzene rings is 1. The summed E-state index contributed by atoms with van der Waals surface area (Å²) in [6.07, 6.45) is 0.373. The van der Waals surface area contributed by atoms with E-state index in [0.29, 0.717) is 6.42 Å². The normalized spacial score (nSPS) is 16.6. The van der Waals surface area contributed by atoms with E-state index >= 15 is 0 Å². The summed E-state index contributed by atoms with van der Waals surface area (Å²) in [6, 6.07) is 7.31. The van der Waals surface area contributed by atoms with Gasteiger partial charge in [0, 0.05) is 17.9 Å². The minimum absolute atomic E-state index is 0.0184. The largest absolute Gasteiger partial charge is 0.497 e. The van der Waals surface area contributed by atoms with Crippen molar-refractivity contribution in [3.63, 3.8) is 0 Å². The number of ether oxygens (including phenoxy) is 1. The molecule has 3 rings (SSSR count). The van der Waals surface area contributed by atoms with Crippen LogP contribution < -0.4 is 10.1 Å². The van der Waals surface area contributed by atoms with Crippen molar-refractivity contribution in [1.29, 1.82) is 0 Å². The first-order valence-electron chi connectivity index (χ1n) is 6.38. The average Bonchev–Trinajstić information content (AvgIpc) is 3.05. The predicted molar refractivity (Wildman–Crippen MR) is 80.9 cm³/mol. The van der Waals surface area contributed by atoms with Crippen LogP contribution in [-0.4, -0.2) is 36.2 Å². The van der Waals surface area contributed by atoms with Gasteiger partial charge in [0.25, 0.3) is 0 Å². The third-order valence-corrected chi connectivity index (χ3v) is 4.11. The van der Waals surface area contributed by atoms with Crippen LogP contribution in [0.2, 0.25) is 0 Å². The second-order valence-electron chi connectivity index (χ2n) is 4.50. The summed E-state index contributed by atoms with van der Waals surface area (Å²) in [5.41, 5.74) is 1.80. The van der Waals surface area contributed by atoms with E-state index in [1.807, 2.05) is 29.7 Å². The van der Waals surface area contributed by atoms with Gasteiger partial charge < -0.3 is 15.0 Å². The van der Waals surface area contributed by atoms with E-state index in [9.17, 15) is 4.79 Å². The molecule has 0 unspecified atom stereocenters. The smallest absolute Gasteiger partial charge is 0.230 e. The van der Waals surface area contributed by atoms with E-state index < -0.39 is 0 Å². The Morgan fingerprint density at radius 3 is 3.00 bits per heavy atom. The molecule has 20 heavy (non-hydrogen) atoms. The van der Waals surface area contributed by atoms with E-state index in [0.717, 1.165) is 35.4 Å². The van der Waals surface area contributed by atoms with Crippen molar-refractivity contribution in [3.05, 3.63) is 35.4 Å². The van der Waals surface area contributed by atoms with Gasteiger partial charge in [-0.25, -0.2) is 0 Å². The predicted octanol–water partition coefficient (Wildman–Crippen LogP) is 2.28. The Kier molecular flexibility index (Phi) is 3.64. The lowest BCUT2D eigenvalue weighted by Crippen LogP contribution is -2.24. The lowest BCUT2D eigenvalue weighted by molar-refractivity contribution is -0.115. The standard InChI is InChI=1S/C14H15N3O2S/c1-19-12-4-2-10(3-5-12)16-13(18)8-11-9-20-14-15-6-7-17(11)14/h2-5,9H,6-8H2,1H3,(H,16,18). The molecule has 0 aromatic heterocycles. The molecule has 1 aromatic carbocycles. The summed E-state index contributed by atoms with van der Waals surface area (Å²) in [5, 5.41) is 5.91. The second-order valence-corrected chi connectivity index (χ2v) is 5.33. The Hall–Kier alpha value is -1.95. The van der Waals surface area contributed by atoms with Crippen LogP contribution in [0.15, 0.2) is 40.4 Å². The quantitative estimate of drug-likeness (QED) is 0.924. The van der Waals surface area contributed by atoms with Crippen LogP contribution in [0.3, 0.4) is 0 Å². The zero-order valence-corrected chi connectivity index (χ0v) is 11.9. The number of anilines is 1. The number of hydrogen-bond donors (Lipinski definition) is 1. The summed E-state index contributed by atoms with van der Waals surface area (Å²) in [5.74, 6) is 0.756. The number of aliphatic imine (C=N–C) groups is 1. The van der Waals surface area contributed by atoms with Crippen molar-refractivity contribution in [2.45, 2.75) is 6.42 Å². The fraction of sp³-hybridized carbons (Fsp3) is 0.286. The second kappa shape index (κ2) is 5.58. The zero-order chi connectivity index (χ0) is 13.9. The highest BCUT2D eigenvalue weighted by Crippen LogP contribution is 2.31. The molecule has 0 radical (unpaired) electrons. The third-order valence-electron chi connectivity index (χ3n) is 3.16. The van der Waals surface area contributed by atoms with E-state index in [-0.39, 0.29) is 5.91 Å². The Bertz CT molecular complexity index is 581. The topological polar surface area (TPSA) is 53.9 Å². The molecule has 5 nitrogen and oxygen atoms in total. The molecule has 6 heteroatoms. The molecule has 0 spiro atoms. The van der Waals surface area contributed by atoms with Crippen LogP contribution in [0.4, 0.5) is 5.69 Å². The first kappa shape index (κ1) is 13.1. The number of carbonyl (C=O) groups excluding carboxylic acids is 1. The first-order valence-corrected chi connectivity index (χ1v) is 7.26. The van der Waals surface area contributed by atoms with Crippen molar-refractivity contribution < 1.29 is 9.53 Å². The molecule has 0 aliphatic carbocycles. The number of hydrogen-bond acceptors (Lipinski definition) is 5. The third kappa shape index (κ3) is 2.65. The number of fused-ring (bicyclic) bond motifs is 1. The van der Waals surface area contributed by atoms with Gasteiger partial charge in [-0.2, -0.15) is 0 Å². The molecule has 0 atom stereocenters. The molecule has 104 valence electrons. The Morgan fingerprint density at radius 1 is 1.45 bits per heavy atom. The summed E-state index contributed by atoms with van der Waals surface area (Å²) >= 11 is 1.59. The fourth-order valence-electron chi connectivity index (χ4n) is 2.16. The lowest BCUT2D eigenvalue weighted by atomic mass is 10.2. The minimum Gasteiger partial charge on any atom is -0.497 e. The van der Waals surface area contributed by atoms with Crippen LogP contribution in [0.25, 0.3) is 0 Å². The summed E-state index contributed by atoms with van der Waals surface area (Å²) in [6.45, 7) is 1.70. The van der Waals surface area contributed by atoms with Crippen molar-refractivity contribution >= 4 is 28.5 Å². The molecule has 0 bridgehead atoms. The molecule has 0 fully saturated rings. The molecule has 1 aromatic rings.